The summed E-state index contributed by atoms with van der Waals surface area (Å²) in [4.78, 5) is 15.2. The Labute approximate surface area is 202 Å². The van der Waals surface area contributed by atoms with Crippen LogP contribution in [0.3, 0.4) is 0 Å². The Kier molecular flexibility index (Phi) is 7.29. The van der Waals surface area contributed by atoms with Gasteiger partial charge in [0.1, 0.15) is 11.5 Å². The van der Waals surface area contributed by atoms with Gasteiger partial charge in [0.2, 0.25) is 11.9 Å². The quantitative estimate of drug-likeness (QED) is 0.463. The summed E-state index contributed by atoms with van der Waals surface area (Å²) in [6, 6.07) is 12.8. The number of thioether (sulfide) groups is 1. The van der Waals surface area contributed by atoms with Gasteiger partial charge in [0, 0.05) is 24.2 Å². The molecule has 174 valence electrons. The number of halogens is 1. The first-order valence-corrected chi connectivity index (χ1v) is 11.9. The van der Waals surface area contributed by atoms with Crippen molar-refractivity contribution in [2.45, 2.75) is 30.2 Å². The first-order valence-electron chi connectivity index (χ1n) is 10.7. The Morgan fingerprint density at radius 1 is 1.12 bits per heavy atom. The van der Waals surface area contributed by atoms with Gasteiger partial charge in [-0.15, -0.1) is 10.2 Å². The molecule has 1 saturated heterocycles. The van der Waals surface area contributed by atoms with E-state index in [1.807, 2.05) is 35.8 Å². The van der Waals surface area contributed by atoms with Gasteiger partial charge in [0.25, 0.3) is 0 Å². The van der Waals surface area contributed by atoms with Crippen LogP contribution in [0.2, 0.25) is 5.02 Å². The van der Waals surface area contributed by atoms with Crippen LogP contribution in [0, 0.1) is 0 Å². The molecule has 0 aliphatic carbocycles. The van der Waals surface area contributed by atoms with Crippen LogP contribution in [0.5, 0.6) is 11.5 Å². The Hall–Kier alpha value is -2.91. The summed E-state index contributed by atoms with van der Waals surface area (Å²) >= 11 is 7.60. The summed E-state index contributed by atoms with van der Waals surface area (Å²) in [5.74, 6) is 1.76. The largest absolute Gasteiger partial charge is 0.497 e. The van der Waals surface area contributed by atoms with Crippen molar-refractivity contribution in [1.29, 1.82) is 0 Å². The number of hydrogen-bond donors (Lipinski definition) is 1. The molecule has 0 saturated carbocycles. The molecule has 0 bridgehead atoms. The number of carbonyl (C=O) groups excluding carboxylic acids is 1. The number of amides is 1. The zero-order valence-corrected chi connectivity index (χ0v) is 20.3. The molecule has 1 amide bonds. The van der Waals surface area contributed by atoms with E-state index in [9.17, 15) is 4.79 Å². The number of nitrogens with zero attached hydrogens (tertiary/aromatic N) is 4. The first-order chi connectivity index (χ1) is 16.0. The highest BCUT2D eigenvalue weighted by atomic mass is 35.5. The van der Waals surface area contributed by atoms with E-state index in [0.29, 0.717) is 27.4 Å². The molecule has 1 N–H and O–H groups in total. The predicted molar refractivity (Wildman–Crippen MR) is 131 cm³/mol. The standard InChI is InChI=1S/C23H26ClN5O3S/c1-15(21(30)25-19-14-18(31-2)9-10-20(19)32-3)33-23-27-26-22(28-11-4-5-12-28)29(23)17-8-6-7-16(24)13-17/h6-10,13-15H,4-5,11-12H2,1-3H3,(H,25,30). The van der Waals surface area contributed by atoms with Crippen LogP contribution in [0.25, 0.3) is 5.69 Å². The number of aromatic nitrogens is 3. The van der Waals surface area contributed by atoms with Crippen LogP contribution in [0.4, 0.5) is 11.6 Å². The van der Waals surface area contributed by atoms with Crippen molar-refractivity contribution in [3.8, 4) is 17.2 Å². The highest BCUT2D eigenvalue weighted by molar-refractivity contribution is 8.00. The second-order valence-corrected chi connectivity index (χ2v) is 9.35. The zero-order valence-electron chi connectivity index (χ0n) is 18.7. The predicted octanol–water partition coefficient (Wildman–Crippen LogP) is 4.66. The lowest BCUT2D eigenvalue weighted by Crippen LogP contribution is -2.24. The van der Waals surface area contributed by atoms with Crippen molar-refractivity contribution >= 4 is 40.9 Å². The molecule has 8 nitrogen and oxygen atoms in total. The lowest BCUT2D eigenvalue weighted by molar-refractivity contribution is -0.115. The molecule has 1 aliphatic rings. The summed E-state index contributed by atoms with van der Waals surface area (Å²) in [5.41, 5.74) is 1.40. The molecular weight excluding hydrogens is 462 g/mol. The number of benzene rings is 2. The fourth-order valence-electron chi connectivity index (χ4n) is 3.66. The van der Waals surface area contributed by atoms with Crippen molar-refractivity contribution in [3.63, 3.8) is 0 Å². The number of carbonyl (C=O) groups is 1. The van der Waals surface area contributed by atoms with Gasteiger partial charge in [-0.3, -0.25) is 9.36 Å². The van der Waals surface area contributed by atoms with Crippen LogP contribution in [-0.4, -0.2) is 53.2 Å². The van der Waals surface area contributed by atoms with Crippen molar-refractivity contribution in [2.75, 3.05) is 37.5 Å². The highest BCUT2D eigenvalue weighted by Gasteiger charge is 2.26. The molecule has 1 atom stereocenters. The average Bonchev–Trinajstić information content (AvgIpc) is 3.49. The Morgan fingerprint density at radius 2 is 1.91 bits per heavy atom. The van der Waals surface area contributed by atoms with E-state index in [1.54, 1.807) is 32.4 Å². The third-order valence-corrected chi connectivity index (χ3v) is 6.67. The van der Waals surface area contributed by atoms with Gasteiger partial charge in [-0.2, -0.15) is 0 Å². The number of anilines is 2. The van der Waals surface area contributed by atoms with Crippen molar-refractivity contribution in [1.82, 2.24) is 14.8 Å². The zero-order chi connectivity index (χ0) is 23.4. The second-order valence-electron chi connectivity index (χ2n) is 7.61. The van der Waals surface area contributed by atoms with E-state index in [4.69, 9.17) is 21.1 Å². The maximum atomic E-state index is 13.0. The molecule has 1 aromatic heterocycles. The molecule has 1 unspecified atom stereocenters. The molecule has 2 heterocycles. The molecule has 4 rings (SSSR count). The average molecular weight is 488 g/mol. The van der Waals surface area contributed by atoms with Gasteiger partial charge < -0.3 is 19.7 Å². The molecule has 0 spiro atoms. The summed E-state index contributed by atoms with van der Waals surface area (Å²) in [6.07, 6.45) is 2.23. The van der Waals surface area contributed by atoms with E-state index >= 15 is 0 Å². The number of nitrogens with one attached hydrogen (secondary N) is 1. The van der Waals surface area contributed by atoms with Gasteiger partial charge in [-0.1, -0.05) is 29.4 Å². The minimum atomic E-state index is -0.450. The van der Waals surface area contributed by atoms with Crippen LogP contribution in [0.1, 0.15) is 19.8 Å². The second kappa shape index (κ2) is 10.4. The number of methoxy groups -OCH3 is 2. The van der Waals surface area contributed by atoms with Crippen LogP contribution >= 0.6 is 23.4 Å². The van der Waals surface area contributed by atoms with E-state index in [0.717, 1.165) is 37.6 Å². The van der Waals surface area contributed by atoms with Crippen molar-refractivity contribution in [3.05, 3.63) is 47.5 Å². The number of ether oxygens (including phenoxy) is 2. The SMILES string of the molecule is COc1ccc(OC)c(NC(=O)C(C)Sc2nnc(N3CCCC3)n2-c2cccc(Cl)c2)c1. The third kappa shape index (κ3) is 5.20. The molecular formula is C23H26ClN5O3S. The first kappa shape index (κ1) is 23.3. The fourth-order valence-corrected chi connectivity index (χ4v) is 4.71. The lowest BCUT2D eigenvalue weighted by atomic mass is 10.2. The van der Waals surface area contributed by atoms with Gasteiger partial charge in [0.15, 0.2) is 5.16 Å². The van der Waals surface area contributed by atoms with E-state index < -0.39 is 5.25 Å². The third-order valence-electron chi connectivity index (χ3n) is 5.39. The summed E-state index contributed by atoms with van der Waals surface area (Å²) in [6.45, 7) is 3.68. The Bertz CT molecular complexity index is 1130. The van der Waals surface area contributed by atoms with Crippen LogP contribution in [-0.2, 0) is 4.79 Å². The fraction of sp³-hybridized carbons (Fsp3) is 0.348. The molecule has 0 radical (unpaired) electrons. The normalized spacial score (nSPS) is 14.2. The molecule has 10 heteroatoms. The summed E-state index contributed by atoms with van der Waals surface area (Å²) in [5, 5.41) is 12.6. The number of hydrogen-bond acceptors (Lipinski definition) is 7. The molecule has 1 fully saturated rings. The molecule has 3 aromatic rings. The van der Waals surface area contributed by atoms with Crippen LogP contribution < -0.4 is 19.7 Å². The summed E-state index contributed by atoms with van der Waals surface area (Å²) < 4.78 is 12.6. The highest BCUT2D eigenvalue weighted by Crippen LogP contribution is 2.33. The monoisotopic (exact) mass is 487 g/mol. The van der Waals surface area contributed by atoms with Crippen LogP contribution in [0.15, 0.2) is 47.6 Å². The molecule has 1 aliphatic heterocycles. The Morgan fingerprint density at radius 3 is 2.61 bits per heavy atom. The maximum absolute atomic E-state index is 13.0. The van der Waals surface area contributed by atoms with Crippen molar-refractivity contribution < 1.29 is 14.3 Å². The van der Waals surface area contributed by atoms with Gasteiger partial charge >= 0.3 is 0 Å². The smallest absolute Gasteiger partial charge is 0.237 e. The topological polar surface area (TPSA) is 81.5 Å². The Balaban J connectivity index is 1.59. The molecule has 2 aromatic carbocycles. The van der Waals surface area contributed by atoms with Gasteiger partial charge in [-0.25, -0.2) is 0 Å². The summed E-state index contributed by atoms with van der Waals surface area (Å²) in [7, 11) is 3.13. The van der Waals surface area contributed by atoms with Gasteiger partial charge in [0.05, 0.1) is 30.8 Å². The lowest BCUT2D eigenvalue weighted by Gasteiger charge is -2.19. The maximum Gasteiger partial charge on any atom is 0.237 e. The van der Waals surface area contributed by atoms with Crippen molar-refractivity contribution in [2.24, 2.45) is 0 Å². The van der Waals surface area contributed by atoms with E-state index in [-0.39, 0.29) is 5.91 Å². The molecule has 33 heavy (non-hydrogen) atoms. The van der Waals surface area contributed by atoms with E-state index in [1.165, 1.54) is 11.8 Å². The van der Waals surface area contributed by atoms with E-state index in [2.05, 4.69) is 20.4 Å². The minimum absolute atomic E-state index is 0.185. The minimum Gasteiger partial charge on any atom is -0.497 e. The van der Waals surface area contributed by atoms with Gasteiger partial charge in [-0.05, 0) is 50.1 Å². The number of rotatable bonds is 8.